The van der Waals surface area contributed by atoms with E-state index < -0.39 is 5.91 Å². The van der Waals surface area contributed by atoms with Gasteiger partial charge in [-0.3, -0.25) is 4.79 Å². The maximum atomic E-state index is 12.2. The van der Waals surface area contributed by atoms with Crippen LogP contribution >= 0.6 is 39.1 Å². The Balaban J connectivity index is 2.29. The van der Waals surface area contributed by atoms with Crippen LogP contribution in [-0.2, 0) is 4.79 Å². The fraction of sp³-hybridized carbons (Fsp3) is 0. The first-order valence-electron chi connectivity index (χ1n) is 6.14. The van der Waals surface area contributed by atoms with E-state index in [1.54, 1.807) is 24.3 Å². The van der Waals surface area contributed by atoms with E-state index in [0.717, 1.165) is 10.0 Å². The van der Waals surface area contributed by atoms with E-state index in [-0.39, 0.29) is 10.6 Å². The van der Waals surface area contributed by atoms with E-state index in [0.29, 0.717) is 10.7 Å². The molecule has 0 atom stereocenters. The van der Waals surface area contributed by atoms with Crippen LogP contribution in [0.5, 0.6) is 0 Å². The minimum atomic E-state index is -0.553. The molecule has 0 aromatic heterocycles. The molecule has 110 valence electrons. The molecule has 0 fully saturated rings. The highest BCUT2D eigenvalue weighted by Gasteiger charge is 2.13. The van der Waals surface area contributed by atoms with Crippen molar-refractivity contribution in [1.29, 1.82) is 5.26 Å². The van der Waals surface area contributed by atoms with Gasteiger partial charge in [-0.25, -0.2) is 0 Å². The number of halogens is 3. The van der Waals surface area contributed by atoms with E-state index >= 15 is 0 Å². The molecular formula is C16H9BrCl2N2O. The molecule has 22 heavy (non-hydrogen) atoms. The molecule has 2 aromatic carbocycles. The van der Waals surface area contributed by atoms with Crippen LogP contribution in [0.2, 0.25) is 10.0 Å². The van der Waals surface area contributed by atoms with Gasteiger partial charge >= 0.3 is 0 Å². The Labute approximate surface area is 146 Å². The van der Waals surface area contributed by atoms with E-state index in [1.165, 1.54) is 6.08 Å². The molecule has 0 aliphatic rings. The molecule has 3 nitrogen and oxygen atoms in total. The Morgan fingerprint density at radius 2 is 1.91 bits per heavy atom. The first kappa shape index (κ1) is 16.6. The van der Waals surface area contributed by atoms with Crippen molar-refractivity contribution < 1.29 is 4.79 Å². The van der Waals surface area contributed by atoms with Gasteiger partial charge in [-0.15, -0.1) is 0 Å². The standard InChI is InChI=1S/C16H9BrCl2N2O/c17-12-5-2-1-4-10(12)8-11(9-20)16(22)21-14-7-3-6-13(18)15(14)19/h1-8H,(H,21,22). The maximum absolute atomic E-state index is 12.2. The van der Waals surface area contributed by atoms with Crippen molar-refractivity contribution in [2.45, 2.75) is 0 Å². The molecule has 1 N–H and O–H groups in total. The Hall–Kier alpha value is -1.80. The molecule has 0 saturated heterocycles. The smallest absolute Gasteiger partial charge is 0.266 e. The summed E-state index contributed by atoms with van der Waals surface area (Å²) in [6.07, 6.45) is 1.50. The molecule has 0 unspecified atom stereocenters. The normalized spacial score (nSPS) is 10.9. The van der Waals surface area contributed by atoms with Gasteiger partial charge in [-0.05, 0) is 29.8 Å². The second kappa shape index (κ2) is 7.46. The number of benzene rings is 2. The van der Waals surface area contributed by atoms with Gasteiger partial charge in [-0.1, -0.05) is 63.4 Å². The lowest BCUT2D eigenvalue weighted by Crippen LogP contribution is -2.13. The van der Waals surface area contributed by atoms with Crippen molar-refractivity contribution >= 4 is 56.8 Å². The molecule has 1 amide bonds. The van der Waals surface area contributed by atoms with Crippen molar-refractivity contribution in [1.82, 2.24) is 0 Å². The molecule has 0 saturated carbocycles. The van der Waals surface area contributed by atoms with E-state index in [2.05, 4.69) is 21.2 Å². The number of hydrogen-bond donors (Lipinski definition) is 1. The van der Waals surface area contributed by atoms with Gasteiger partial charge in [0.15, 0.2) is 0 Å². The topological polar surface area (TPSA) is 52.9 Å². The van der Waals surface area contributed by atoms with Crippen molar-refractivity contribution in [3.8, 4) is 6.07 Å². The molecule has 0 heterocycles. The third-order valence-electron chi connectivity index (χ3n) is 2.77. The number of amides is 1. The first-order chi connectivity index (χ1) is 10.5. The molecule has 0 bridgehead atoms. The number of nitriles is 1. The minimum absolute atomic E-state index is 0.0389. The largest absolute Gasteiger partial charge is 0.320 e. The van der Waals surface area contributed by atoms with Crippen molar-refractivity contribution in [3.63, 3.8) is 0 Å². The molecule has 0 spiro atoms. The van der Waals surface area contributed by atoms with Crippen LogP contribution in [0.3, 0.4) is 0 Å². The number of carbonyl (C=O) groups excluding carboxylic acids is 1. The molecule has 2 rings (SSSR count). The maximum Gasteiger partial charge on any atom is 0.266 e. The van der Waals surface area contributed by atoms with Crippen LogP contribution in [-0.4, -0.2) is 5.91 Å². The second-order valence-corrected chi connectivity index (χ2v) is 5.89. The van der Waals surface area contributed by atoms with Crippen LogP contribution < -0.4 is 5.32 Å². The number of nitrogens with one attached hydrogen (secondary N) is 1. The van der Waals surface area contributed by atoms with Gasteiger partial charge in [-0.2, -0.15) is 5.26 Å². The van der Waals surface area contributed by atoms with Crippen LogP contribution in [0.25, 0.3) is 6.08 Å². The van der Waals surface area contributed by atoms with E-state index in [4.69, 9.17) is 23.2 Å². The quantitative estimate of drug-likeness (QED) is 0.566. The molecule has 0 aliphatic heterocycles. The number of hydrogen-bond acceptors (Lipinski definition) is 2. The molecule has 0 radical (unpaired) electrons. The number of nitrogens with zero attached hydrogens (tertiary/aromatic N) is 1. The summed E-state index contributed by atoms with van der Waals surface area (Å²) < 4.78 is 0.788. The summed E-state index contributed by atoms with van der Waals surface area (Å²) in [6.45, 7) is 0. The zero-order chi connectivity index (χ0) is 16.1. The number of rotatable bonds is 3. The van der Waals surface area contributed by atoms with Crippen LogP contribution in [0.4, 0.5) is 5.69 Å². The third-order valence-corrected chi connectivity index (χ3v) is 4.31. The molecule has 0 aliphatic carbocycles. The fourth-order valence-corrected chi connectivity index (χ4v) is 2.43. The number of carbonyl (C=O) groups is 1. The highest BCUT2D eigenvalue weighted by Crippen LogP contribution is 2.30. The molecule has 2 aromatic rings. The summed E-state index contributed by atoms with van der Waals surface area (Å²) in [7, 11) is 0. The lowest BCUT2D eigenvalue weighted by Gasteiger charge is -2.07. The average Bonchev–Trinajstić information content (AvgIpc) is 2.51. The monoisotopic (exact) mass is 394 g/mol. The van der Waals surface area contributed by atoms with Gasteiger partial charge in [0.05, 0.1) is 15.7 Å². The Bertz CT molecular complexity index is 797. The average molecular weight is 396 g/mol. The van der Waals surface area contributed by atoms with Crippen LogP contribution in [0.1, 0.15) is 5.56 Å². The SMILES string of the molecule is N#CC(=Cc1ccccc1Br)C(=O)Nc1cccc(Cl)c1Cl. The van der Waals surface area contributed by atoms with Crippen molar-refractivity contribution in [3.05, 3.63) is 68.1 Å². The Morgan fingerprint density at radius 1 is 1.18 bits per heavy atom. The van der Waals surface area contributed by atoms with Crippen LogP contribution in [0.15, 0.2) is 52.5 Å². The summed E-state index contributed by atoms with van der Waals surface area (Å²) in [5, 5.41) is 12.3. The van der Waals surface area contributed by atoms with Gasteiger partial charge in [0.1, 0.15) is 11.6 Å². The lowest BCUT2D eigenvalue weighted by atomic mass is 10.1. The van der Waals surface area contributed by atoms with Crippen molar-refractivity contribution in [2.24, 2.45) is 0 Å². The van der Waals surface area contributed by atoms with Gasteiger partial charge in [0, 0.05) is 4.47 Å². The summed E-state index contributed by atoms with van der Waals surface area (Å²) >= 11 is 15.3. The first-order valence-corrected chi connectivity index (χ1v) is 7.69. The molecule has 6 heteroatoms. The highest BCUT2D eigenvalue weighted by atomic mass is 79.9. The fourth-order valence-electron chi connectivity index (χ4n) is 1.69. The zero-order valence-corrected chi connectivity index (χ0v) is 14.2. The highest BCUT2D eigenvalue weighted by molar-refractivity contribution is 9.10. The summed E-state index contributed by atoms with van der Waals surface area (Å²) in [5.41, 5.74) is 1.04. The minimum Gasteiger partial charge on any atom is -0.320 e. The predicted molar refractivity (Wildman–Crippen MR) is 92.8 cm³/mol. The van der Waals surface area contributed by atoms with Gasteiger partial charge in [0.25, 0.3) is 5.91 Å². The van der Waals surface area contributed by atoms with Gasteiger partial charge < -0.3 is 5.32 Å². The van der Waals surface area contributed by atoms with Gasteiger partial charge in [0.2, 0.25) is 0 Å². The van der Waals surface area contributed by atoms with Crippen molar-refractivity contribution in [2.75, 3.05) is 5.32 Å². The Morgan fingerprint density at radius 3 is 2.59 bits per heavy atom. The van der Waals surface area contributed by atoms with E-state index in [9.17, 15) is 10.1 Å². The lowest BCUT2D eigenvalue weighted by molar-refractivity contribution is -0.112. The third kappa shape index (κ3) is 3.89. The zero-order valence-electron chi connectivity index (χ0n) is 11.1. The summed E-state index contributed by atoms with van der Waals surface area (Å²) in [4.78, 5) is 12.2. The Kier molecular flexibility index (Phi) is 5.62. The summed E-state index contributed by atoms with van der Waals surface area (Å²) in [5.74, 6) is -0.553. The van der Waals surface area contributed by atoms with E-state index in [1.807, 2.05) is 24.3 Å². The predicted octanol–water partition coefficient (Wildman–Crippen LogP) is 5.30. The van der Waals surface area contributed by atoms with Crippen LogP contribution in [0, 0.1) is 11.3 Å². The number of anilines is 1. The summed E-state index contributed by atoms with van der Waals surface area (Å²) in [6, 6.07) is 14.0. The molecular weight excluding hydrogens is 387 g/mol. The second-order valence-electron chi connectivity index (χ2n) is 4.25.